The molecule has 0 aliphatic rings. The summed E-state index contributed by atoms with van der Waals surface area (Å²) in [4.78, 5) is 0. The summed E-state index contributed by atoms with van der Waals surface area (Å²) in [7, 11) is 0. The van der Waals surface area contributed by atoms with Gasteiger partial charge in [-0.25, -0.2) is 0 Å². The maximum Gasteiger partial charge on any atom is 0.120 e. The van der Waals surface area contributed by atoms with E-state index in [4.69, 9.17) is 12.8 Å². The number of hydrogen-bond donors (Lipinski definition) is 2. The fraction of sp³-hybridized carbons (Fsp3) is 0.125. The lowest BCUT2D eigenvalue weighted by atomic mass is 9.92. The standard InChI is InChI=1S/C48H36O2/c1-7-37(45(41-21-13-9-14-22-41)42-23-15-10-16-24-42)29-31-39(40(33-35-47(3,4)49)34-36-48(5,6)50)32-30-38(8-2)46(43-25-17-11-18-26-43)44-27-19-12-20-28-44/h1-2,9-28,49-50H,3-6H3. The van der Waals surface area contributed by atoms with Gasteiger partial charge in [0, 0.05) is 11.1 Å². The first-order valence-corrected chi connectivity index (χ1v) is 15.9. The van der Waals surface area contributed by atoms with E-state index in [1.165, 1.54) is 0 Å². The Bertz CT molecular complexity index is 2010. The third-order valence-electron chi connectivity index (χ3n) is 6.90. The molecule has 240 valence electrons. The lowest BCUT2D eigenvalue weighted by Crippen LogP contribution is -2.15. The molecule has 0 saturated heterocycles. The Balaban J connectivity index is 2.11. The van der Waals surface area contributed by atoms with Crippen LogP contribution >= 0.6 is 0 Å². The topological polar surface area (TPSA) is 40.5 Å². The van der Waals surface area contributed by atoms with E-state index in [1.54, 1.807) is 27.7 Å². The van der Waals surface area contributed by atoms with Gasteiger partial charge in [0.05, 0.1) is 22.3 Å². The van der Waals surface area contributed by atoms with Crippen molar-refractivity contribution in [1.82, 2.24) is 0 Å². The van der Waals surface area contributed by atoms with Gasteiger partial charge in [-0.3, -0.25) is 0 Å². The fourth-order valence-electron chi connectivity index (χ4n) is 4.66. The third-order valence-corrected chi connectivity index (χ3v) is 6.90. The first-order chi connectivity index (χ1) is 24.0. The van der Waals surface area contributed by atoms with Gasteiger partial charge in [-0.15, -0.1) is 12.8 Å². The first-order valence-electron chi connectivity index (χ1n) is 15.9. The number of benzene rings is 4. The van der Waals surface area contributed by atoms with E-state index in [2.05, 4.69) is 59.2 Å². The summed E-state index contributed by atoms with van der Waals surface area (Å²) in [5.74, 6) is 29.8. The molecule has 0 saturated carbocycles. The lowest BCUT2D eigenvalue weighted by molar-refractivity contribution is 0.143. The minimum Gasteiger partial charge on any atom is -0.378 e. The summed E-state index contributed by atoms with van der Waals surface area (Å²) in [6, 6.07) is 39.1. The fourth-order valence-corrected chi connectivity index (χ4v) is 4.66. The molecule has 2 nitrogen and oxygen atoms in total. The van der Waals surface area contributed by atoms with Crippen molar-refractivity contribution >= 4 is 11.1 Å². The van der Waals surface area contributed by atoms with Gasteiger partial charge in [0.1, 0.15) is 11.2 Å². The van der Waals surface area contributed by atoms with Crippen LogP contribution in [0.4, 0.5) is 0 Å². The third kappa shape index (κ3) is 10.7. The summed E-state index contributed by atoms with van der Waals surface area (Å²) in [6.45, 7) is 6.26. The molecule has 0 aliphatic heterocycles. The van der Waals surface area contributed by atoms with E-state index in [-0.39, 0.29) is 11.1 Å². The monoisotopic (exact) mass is 644 g/mol. The minimum absolute atomic E-state index is 0.198. The average molecular weight is 645 g/mol. The van der Waals surface area contributed by atoms with E-state index in [1.807, 2.05) is 121 Å². The van der Waals surface area contributed by atoms with Gasteiger partial charge in [0.25, 0.3) is 0 Å². The molecular weight excluding hydrogens is 609 g/mol. The Morgan fingerprint density at radius 3 is 0.880 bits per heavy atom. The van der Waals surface area contributed by atoms with Crippen LogP contribution in [-0.4, -0.2) is 21.4 Å². The maximum atomic E-state index is 10.5. The molecule has 0 heterocycles. The number of aliphatic hydroxyl groups is 2. The molecule has 2 heteroatoms. The van der Waals surface area contributed by atoms with Crippen molar-refractivity contribution in [2.24, 2.45) is 0 Å². The smallest absolute Gasteiger partial charge is 0.120 e. The summed E-state index contributed by atoms with van der Waals surface area (Å²) in [5.41, 5.74) is 3.73. The van der Waals surface area contributed by atoms with Crippen molar-refractivity contribution in [2.75, 3.05) is 0 Å². The van der Waals surface area contributed by atoms with Gasteiger partial charge >= 0.3 is 0 Å². The second kappa shape index (κ2) is 17.0. The molecule has 0 radical (unpaired) electrons. The Morgan fingerprint density at radius 1 is 0.400 bits per heavy atom. The molecule has 0 fully saturated rings. The van der Waals surface area contributed by atoms with Crippen molar-refractivity contribution in [2.45, 2.75) is 38.9 Å². The zero-order valence-corrected chi connectivity index (χ0v) is 28.6. The van der Waals surface area contributed by atoms with Crippen molar-refractivity contribution in [3.63, 3.8) is 0 Å². The predicted molar refractivity (Wildman–Crippen MR) is 206 cm³/mol. The van der Waals surface area contributed by atoms with Gasteiger partial charge in [-0.2, -0.15) is 0 Å². The maximum absolute atomic E-state index is 10.5. The van der Waals surface area contributed by atoms with Crippen molar-refractivity contribution in [3.8, 4) is 72.1 Å². The van der Waals surface area contributed by atoms with Crippen LogP contribution in [0.2, 0.25) is 0 Å². The highest BCUT2D eigenvalue weighted by Crippen LogP contribution is 2.28. The number of allylic oxidation sites excluding steroid dienone is 4. The molecular formula is C48H36O2. The molecule has 0 unspecified atom stereocenters. The van der Waals surface area contributed by atoms with Gasteiger partial charge in [-0.1, -0.05) is 169 Å². The second-order valence-corrected chi connectivity index (χ2v) is 12.1. The number of hydrogen-bond acceptors (Lipinski definition) is 2. The first kappa shape index (κ1) is 36.2. The van der Waals surface area contributed by atoms with Crippen LogP contribution in [0.5, 0.6) is 0 Å². The van der Waals surface area contributed by atoms with Gasteiger partial charge in [0.15, 0.2) is 0 Å². The van der Waals surface area contributed by atoms with Crippen LogP contribution in [0.15, 0.2) is 144 Å². The predicted octanol–water partition coefficient (Wildman–Crippen LogP) is 8.11. The Hall–Kier alpha value is -6.62. The van der Waals surface area contributed by atoms with Crippen LogP contribution in [0.1, 0.15) is 49.9 Å². The molecule has 0 bridgehead atoms. The largest absolute Gasteiger partial charge is 0.378 e. The second-order valence-electron chi connectivity index (χ2n) is 12.1. The molecule has 0 aromatic heterocycles. The molecule has 0 aliphatic carbocycles. The summed E-state index contributed by atoms with van der Waals surface area (Å²) in [5, 5.41) is 21.0. The Kier molecular flexibility index (Phi) is 12.3. The van der Waals surface area contributed by atoms with E-state index in [9.17, 15) is 10.2 Å². The van der Waals surface area contributed by atoms with Crippen molar-refractivity contribution < 1.29 is 10.2 Å². The number of rotatable bonds is 4. The van der Waals surface area contributed by atoms with E-state index < -0.39 is 11.2 Å². The SMILES string of the molecule is C#CC(C#CC(C#CC(C#C)=C(c1ccccc1)c1ccccc1)=C(C#CC(C)(C)O)C#CC(C)(C)O)=C(c1ccccc1)c1ccccc1. The molecule has 0 atom stereocenters. The minimum atomic E-state index is -1.34. The summed E-state index contributed by atoms with van der Waals surface area (Å²) in [6.07, 6.45) is 12.3. The normalized spacial score (nSPS) is 9.92. The lowest BCUT2D eigenvalue weighted by Gasteiger charge is -2.10. The van der Waals surface area contributed by atoms with E-state index in [0.717, 1.165) is 33.4 Å². The molecule has 50 heavy (non-hydrogen) atoms. The van der Waals surface area contributed by atoms with Gasteiger partial charge in [0.2, 0.25) is 0 Å². The molecule has 0 spiro atoms. The molecule has 4 rings (SSSR count). The quantitative estimate of drug-likeness (QED) is 0.221. The highest BCUT2D eigenvalue weighted by atomic mass is 16.3. The van der Waals surface area contributed by atoms with Crippen molar-refractivity contribution in [1.29, 1.82) is 0 Å². The van der Waals surface area contributed by atoms with E-state index in [0.29, 0.717) is 11.1 Å². The summed E-state index contributed by atoms with van der Waals surface area (Å²) < 4.78 is 0. The zero-order chi connectivity index (χ0) is 36.0. The van der Waals surface area contributed by atoms with Crippen LogP contribution in [-0.2, 0) is 0 Å². The Morgan fingerprint density at radius 2 is 0.640 bits per heavy atom. The van der Waals surface area contributed by atoms with Crippen molar-refractivity contribution in [3.05, 3.63) is 166 Å². The van der Waals surface area contributed by atoms with Crippen LogP contribution in [0.3, 0.4) is 0 Å². The van der Waals surface area contributed by atoms with Gasteiger partial charge < -0.3 is 10.2 Å². The zero-order valence-electron chi connectivity index (χ0n) is 28.6. The highest BCUT2D eigenvalue weighted by Gasteiger charge is 2.13. The van der Waals surface area contributed by atoms with Gasteiger partial charge in [-0.05, 0) is 61.8 Å². The molecule has 2 N–H and O–H groups in total. The number of terminal acetylenes is 2. The molecule has 0 amide bonds. The highest BCUT2D eigenvalue weighted by molar-refractivity contribution is 5.89. The van der Waals surface area contributed by atoms with E-state index >= 15 is 0 Å². The van der Waals surface area contributed by atoms with Crippen LogP contribution in [0.25, 0.3) is 11.1 Å². The average Bonchev–Trinajstić information content (AvgIpc) is 3.11. The van der Waals surface area contributed by atoms with Crippen LogP contribution in [0, 0.1) is 72.1 Å². The molecule has 4 aromatic carbocycles. The summed E-state index contributed by atoms with van der Waals surface area (Å²) >= 11 is 0. The Labute approximate surface area is 297 Å². The van der Waals surface area contributed by atoms with Crippen LogP contribution < -0.4 is 0 Å². The molecule has 4 aromatic rings.